The van der Waals surface area contributed by atoms with Gasteiger partial charge in [0.2, 0.25) is 0 Å². The Morgan fingerprint density at radius 2 is 0.578 bits per heavy atom. The average Bonchev–Trinajstić information content (AvgIpc) is 2.92. The average molecular weight is 649 g/mol. The molecule has 0 aliphatic carbocycles. The first-order valence-corrected chi connectivity index (χ1v) is 20.0. The number of rotatable bonds is 28. The van der Waals surface area contributed by atoms with Gasteiger partial charge in [0.15, 0.2) is 0 Å². The van der Waals surface area contributed by atoms with E-state index in [-0.39, 0.29) is 0 Å². The topological polar surface area (TPSA) is 36.9 Å². The van der Waals surface area contributed by atoms with Gasteiger partial charge in [-0.25, -0.2) is 0 Å². The summed E-state index contributed by atoms with van der Waals surface area (Å²) in [6, 6.07) is 0. The second-order valence-corrected chi connectivity index (χ2v) is 17.1. The molecule has 0 aromatic heterocycles. The molecule has 0 aliphatic rings. The number of hydrogen-bond acceptors (Lipinski definition) is 4. The number of allylic oxidation sites excluding steroid dienone is 8. The van der Waals surface area contributed by atoms with Crippen molar-refractivity contribution in [3.63, 3.8) is 0 Å². The monoisotopic (exact) mass is 649 g/mol. The van der Waals surface area contributed by atoms with E-state index in [1.807, 2.05) is 0 Å². The standard InChI is InChI=1S/C40H76O4Si/c1-33(2)17-13-21-37(9)25-29-41-45(42-30-26-38(10)22-14-18-34(3)4,43-31-27-39(11)23-15-19-35(5)6)44-32-28-40(12)24-16-20-36(7)8/h17-20,37-40H,13-16,21-32H2,1-12H3. The van der Waals surface area contributed by atoms with Crippen molar-refractivity contribution >= 4 is 9.05 Å². The Hall–Kier alpha value is -0.983. The Morgan fingerprint density at radius 3 is 0.756 bits per heavy atom. The summed E-state index contributed by atoms with van der Waals surface area (Å²) in [5, 5.41) is 0. The van der Waals surface area contributed by atoms with Crippen molar-refractivity contribution in [3.8, 4) is 0 Å². The van der Waals surface area contributed by atoms with Gasteiger partial charge in [-0.1, -0.05) is 74.3 Å². The fraction of sp³-hybridized carbons (Fsp3) is 0.800. The quantitative estimate of drug-likeness (QED) is 0.0625. The summed E-state index contributed by atoms with van der Waals surface area (Å²) in [7, 11) is -3.31. The molecular formula is C40H76O4Si. The lowest BCUT2D eigenvalue weighted by atomic mass is 10.0. The van der Waals surface area contributed by atoms with Gasteiger partial charge in [0.25, 0.3) is 0 Å². The second-order valence-electron chi connectivity index (χ2n) is 14.9. The predicted molar refractivity (Wildman–Crippen MR) is 199 cm³/mol. The van der Waals surface area contributed by atoms with Gasteiger partial charge in [-0.05, 0) is 156 Å². The molecule has 4 nitrogen and oxygen atoms in total. The van der Waals surface area contributed by atoms with Gasteiger partial charge in [-0.3, -0.25) is 0 Å². The second kappa shape index (κ2) is 27.0. The van der Waals surface area contributed by atoms with Crippen LogP contribution in [0.4, 0.5) is 0 Å². The molecule has 0 bridgehead atoms. The van der Waals surface area contributed by atoms with Crippen LogP contribution in [0, 0.1) is 23.7 Å². The highest BCUT2D eigenvalue weighted by atomic mass is 28.4. The van der Waals surface area contributed by atoms with Crippen molar-refractivity contribution in [2.45, 2.75) is 160 Å². The van der Waals surface area contributed by atoms with Crippen LogP contribution in [0.2, 0.25) is 0 Å². The van der Waals surface area contributed by atoms with Crippen LogP contribution in [0.25, 0.3) is 0 Å². The minimum atomic E-state index is -3.31. The Bertz CT molecular complexity index is 701. The molecule has 0 spiro atoms. The lowest BCUT2D eigenvalue weighted by Gasteiger charge is -2.30. The first kappa shape index (κ1) is 44.0. The fourth-order valence-corrected chi connectivity index (χ4v) is 6.97. The van der Waals surface area contributed by atoms with Gasteiger partial charge in [0, 0.05) is 26.4 Å². The summed E-state index contributed by atoms with van der Waals surface area (Å²) >= 11 is 0. The Morgan fingerprint density at radius 1 is 0.378 bits per heavy atom. The van der Waals surface area contributed by atoms with E-state index < -0.39 is 9.05 Å². The molecule has 4 atom stereocenters. The van der Waals surface area contributed by atoms with E-state index in [9.17, 15) is 0 Å². The predicted octanol–water partition coefficient (Wildman–Crippen LogP) is 12.6. The molecule has 0 radical (unpaired) electrons. The van der Waals surface area contributed by atoms with Crippen LogP contribution in [-0.2, 0) is 17.7 Å². The minimum absolute atomic E-state index is 0.576. The van der Waals surface area contributed by atoms with E-state index in [2.05, 4.69) is 107 Å². The van der Waals surface area contributed by atoms with Crippen LogP contribution in [0.5, 0.6) is 0 Å². The van der Waals surface area contributed by atoms with E-state index in [1.54, 1.807) is 0 Å². The van der Waals surface area contributed by atoms with E-state index >= 15 is 0 Å². The molecule has 264 valence electrons. The molecule has 0 N–H and O–H groups in total. The van der Waals surface area contributed by atoms with Crippen molar-refractivity contribution in [1.82, 2.24) is 0 Å². The highest BCUT2D eigenvalue weighted by molar-refractivity contribution is 6.53. The molecule has 4 unspecified atom stereocenters. The minimum Gasteiger partial charge on any atom is -0.351 e. The first-order chi connectivity index (χ1) is 21.2. The Kier molecular flexibility index (Phi) is 26.4. The zero-order valence-electron chi connectivity index (χ0n) is 32.1. The molecule has 0 saturated carbocycles. The van der Waals surface area contributed by atoms with Crippen molar-refractivity contribution < 1.29 is 17.7 Å². The van der Waals surface area contributed by atoms with Gasteiger partial charge in [0.05, 0.1) is 0 Å². The lowest BCUT2D eigenvalue weighted by molar-refractivity contribution is -0.0422. The maximum Gasteiger partial charge on any atom is 0.679 e. The van der Waals surface area contributed by atoms with Crippen LogP contribution in [-0.4, -0.2) is 35.5 Å². The Labute approximate surface area is 283 Å². The summed E-state index contributed by atoms with van der Waals surface area (Å²) in [4.78, 5) is 0. The van der Waals surface area contributed by atoms with Crippen molar-refractivity contribution in [2.75, 3.05) is 26.4 Å². The van der Waals surface area contributed by atoms with Gasteiger partial charge in [-0.2, -0.15) is 0 Å². The molecule has 0 saturated heterocycles. The smallest absolute Gasteiger partial charge is 0.351 e. The molecule has 0 rings (SSSR count). The molecule has 0 aromatic rings. The molecule has 0 heterocycles. The van der Waals surface area contributed by atoms with Crippen molar-refractivity contribution in [2.24, 2.45) is 23.7 Å². The summed E-state index contributed by atoms with van der Waals surface area (Å²) < 4.78 is 26.6. The summed E-state index contributed by atoms with van der Waals surface area (Å²) in [5.41, 5.74) is 5.56. The molecule has 0 aliphatic heterocycles. The third kappa shape index (κ3) is 27.8. The summed E-state index contributed by atoms with van der Waals surface area (Å²) in [6.07, 6.45) is 22.4. The van der Waals surface area contributed by atoms with Crippen LogP contribution < -0.4 is 0 Å². The summed E-state index contributed by atoms with van der Waals surface area (Å²) in [6.45, 7) is 29.1. The van der Waals surface area contributed by atoms with Crippen LogP contribution in [0.15, 0.2) is 46.6 Å². The number of hydrogen-bond donors (Lipinski definition) is 0. The molecular weight excluding hydrogens is 573 g/mol. The van der Waals surface area contributed by atoms with Crippen molar-refractivity contribution in [3.05, 3.63) is 46.6 Å². The Balaban J connectivity index is 5.55. The van der Waals surface area contributed by atoms with E-state index in [0.717, 1.165) is 51.4 Å². The third-order valence-electron chi connectivity index (χ3n) is 8.41. The third-order valence-corrected chi connectivity index (χ3v) is 10.6. The molecule has 0 aromatic carbocycles. The van der Waals surface area contributed by atoms with Gasteiger partial charge < -0.3 is 17.7 Å². The van der Waals surface area contributed by atoms with E-state index in [1.165, 1.54) is 48.0 Å². The van der Waals surface area contributed by atoms with Crippen LogP contribution in [0.1, 0.15) is 160 Å². The zero-order valence-corrected chi connectivity index (χ0v) is 33.1. The van der Waals surface area contributed by atoms with E-state index in [4.69, 9.17) is 17.7 Å². The summed E-state index contributed by atoms with van der Waals surface area (Å²) in [5.74, 6) is 2.31. The van der Waals surface area contributed by atoms with E-state index in [0.29, 0.717) is 50.1 Å². The van der Waals surface area contributed by atoms with Gasteiger partial charge in [0.1, 0.15) is 0 Å². The van der Waals surface area contributed by atoms with Gasteiger partial charge in [-0.15, -0.1) is 0 Å². The molecule has 0 fully saturated rings. The first-order valence-electron chi connectivity index (χ1n) is 18.3. The largest absolute Gasteiger partial charge is 0.679 e. The molecule has 0 amide bonds. The maximum absolute atomic E-state index is 6.64. The SMILES string of the molecule is CC(C)=CCCC(C)CCO[Si](OCCC(C)CCC=C(C)C)(OCCC(C)CCC=C(C)C)OCCC(C)CCC=C(C)C. The maximum atomic E-state index is 6.64. The normalized spacial score (nSPS) is 15.4. The lowest BCUT2D eigenvalue weighted by Crippen LogP contribution is -2.50. The zero-order chi connectivity index (χ0) is 34.1. The highest BCUT2D eigenvalue weighted by Gasteiger charge is 2.46. The molecule has 5 heteroatoms. The fourth-order valence-electron chi connectivity index (χ4n) is 4.99. The highest BCUT2D eigenvalue weighted by Crippen LogP contribution is 2.22. The van der Waals surface area contributed by atoms with Crippen LogP contribution in [0.3, 0.4) is 0 Å². The van der Waals surface area contributed by atoms with Crippen LogP contribution >= 0.6 is 0 Å². The van der Waals surface area contributed by atoms with Gasteiger partial charge >= 0.3 is 9.05 Å². The molecule has 45 heavy (non-hydrogen) atoms. The van der Waals surface area contributed by atoms with Crippen molar-refractivity contribution in [1.29, 1.82) is 0 Å².